The maximum Gasteiger partial charge on any atom is 0.325 e. The third-order valence-electron chi connectivity index (χ3n) is 1.84. The van der Waals surface area contributed by atoms with Crippen molar-refractivity contribution in [1.29, 1.82) is 0 Å². The van der Waals surface area contributed by atoms with Crippen LogP contribution in [0.15, 0.2) is 30.3 Å². The third-order valence-corrected chi connectivity index (χ3v) is 3.05. The lowest BCUT2D eigenvalue weighted by Gasteiger charge is -2.15. The number of carbonyl (C=O) groups excluding carboxylic acids is 1. The van der Waals surface area contributed by atoms with Gasteiger partial charge in [-0.1, -0.05) is 30.3 Å². The van der Waals surface area contributed by atoms with Crippen LogP contribution in [0, 0.1) is 0 Å². The van der Waals surface area contributed by atoms with Crippen LogP contribution in [-0.4, -0.2) is 18.5 Å². The number of rotatable bonds is 3. The first-order valence-corrected chi connectivity index (χ1v) is 5.07. The predicted molar refractivity (Wildman–Crippen MR) is 59.8 cm³/mol. The van der Waals surface area contributed by atoms with Crippen molar-refractivity contribution >= 4 is 30.2 Å². The zero-order chi connectivity index (χ0) is 10.6. The van der Waals surface area contributed by atoms with Crippen LogP contribution in [-0.2, 0) is 9.53 Å². The van der Waals surface area contributed by atoms with Crippen LogP contribution < -0.4 is 0 Å². The highest BCUT2D eigenvalue weighted by molar-refractivity contribution is 7.80. The molecule has 1 aromatic rings. The molecule has 14 heavy (non-hydrogen) atoms. The van der Waals surface area contributed by atoms with Crippen molar-refractivity contribution in [3.63, 3.8) is 0 Å². The lowest BCUT2D eigenvalue weighted by atomic mass is 10.1. The first-order chi connectivity index (χ1) is 6.66. The van der Waals surface area contributed by atoms with E-state index in [0.717, 1.165) is 5.56 Å². The number of halogens is 1. The largest absolute Gasteiger partial charge is 0.468 e. The Hall–Kier alpha value is -0.670. The van der Waals surface area contributed by atoms with Crippen molar-refractivity contribution in [2.75, 3.05) is 7.11 Å². The molecule has 4 heteroatoms. The van der Waals surface area contributed by atoms with E-state index in [0.29, 0.717) is 0 Å². The summed E-state index contributed by atoms with van der Waals surface area (Å²) >= 11 is 10.1. The van der Waals surface area contributed by atoms with Crippen LogP contribution >= 0.6 is 24.2 Å². The number of benzene rings is 1. The van der Waals surface area contributed by atoms with Crippen LogP contribution in [0.4, 0.5) is 0 Å². The van der Waals surface area contributed by atoms with E-state index in [1.54, 1.807) is 0 Å². The van der Waals surface area contributed by atoms with Crippen molar-refractivity contribution in [2.24, 2.45) is 0 Å². The highest BCUT2D eigenvalue weighted by Crippen LogP contribution is 2.27. The molecule has 76 valence electrons. The minimum Gasteiger partial charge on any atom is -0.468 e. The van der Waals surface area contributed by atoms with Crippen molar-refractivity contribution in [3.05, 3.63) is 35.9 Å². The smallest absolute Gasteiger partial charge is 0.325 e. The molecule has 0 bridgehead atoms. The number of hydrogen-bond donors (Lipinski definition) is 1. The number of alkyl halides is 1. The lowest BCUT2D eigenvalue weighted by molar-refractivity contribution is -0.140. The quantitative estimate of drug-likeness (QED) is 0.491. The number of esters is 1. The van der Waals surface area contributed by atoms with E-state index in [1.807, 2.05) is 30.3 Å². The normalized spacial score (nSPS) is 14.5. The fraction of sp³-hybridized carbons (Fsp3) is 0.300. The second-order valence-corrected chi connectivity index (χ2v) is 3.81. The topological polar surface area (TPSA) is 26.3 Å². The Kier molecular flexibility index (Phi) is 4.29. The molecule has 0 saturated carbocycles. The van der Waals surface area contributed by atoms with Crippen molar-refractivity contribution < 1.29 is 9.53 Å². The summed E-state index contributed by atoms with van der Waals surface area (Å²) in [5, 5.41) is -1.10. The van der Waals surface area contributed by atoms with Gasteiger partial charge >= 0.3 is 5.97 Å². The van der Waals surface area contributed by atoms with E-state index < -0.39 is 11.3 Å². The van der Waals surface area contributed by atoms with Crippen LogP contribution in [0.5, 0.6) is 0 Å². The fourth-order valence-electron chi connectivity index (χ4n) is 1.06. The monoisotopic (exact) mass is 230 g/mol. The molecule has 0 amide bonds. The molecule has 0 N–H and O–H groups in total. The summed E-state index contributed by atoms with van der Waals surface area (Å²) in [6.07, 6.45) is 0. The molecule has 0 radical (unpaired) electrons. The Balaban J connectivity index is 2.75. The lowest BCUT2D eigenvalue weighted by Crippen LogP contribution is -2.21. The molecule has 2 unspecified atom stereocenters. The molecular weight excluding hydrogens is 220 g/mol. The summed E-state index contributed by atoms with van der Waals surface area (Å²) in [6.45, 7) is 0. The highest BCUT2D eigenvalue weighted by Gasteiger charge is 2.25. The Labute approximate surface area is 93.6 Å². The van der Waals surface area contributed by atoms with Crippen LogP contribution in [0.2, 0.25) is 0 Å². The van der Waals surface area contributed by atoms with Gasteiger partial charge in [-0.3, -0.25) is 4.79 Å². The second-order valence-electron chi connectivity index (χ2n) is 2.78. The summed E-state index contributed by atoms with van der Waals surface area (Å²) in [4.78, 5) is 11.1. The minimum atomic E-state index is -0.759. The Morgan fingerprint density at radius 1 is 1.43 bits per heavy atom. The van der Waals surface area contributed by atoms with Gasteiger partial charge in [-0.15, -0.1) is 11.6 Å². The van der Waals surface area contributed by atoms with Gasteiger partial charge in [0.1, 0.15) is 5.38 Å². The highest BCUT2D eigenvalue weighted by atomic mass is 35.5. The van der Waals surface area contributed by atoms with Gasteiger partial charge in [0.2, 0.25) is 0 Å². The number of hydrogen-bond acceptors (Lipinski definition) is 3. The molecule has 2 atom stereocenters. The van der Waals surface area contributed by atoms with Gasteiger partial charge in [-0.05, 0) is 5.56 Å². The minimum absolute atomic E-state index is 0.342. The molecule has 0 aliphatic carbocycles. The Morgan fingerprint density at radius 2 is 2.00 bits per heavy atom. The molecule has 0 heterocycles. The van der Waals surface area contributed by atoms with E-state index in [4.69, 9.17) is 11.6 Å². The maximum atomic E-state index is 11.1. The maximum absolute atomic E-state index is 11.1. The van der Waals surface area contributed by atoms with E-state index in [2.05, 4.69) is 17.4 Å². The summed E-state index contributed by atoms with van der Waals surface area (Å²) in [6, 6.07) is 9.39. The molecule has 0 saturated heterocycles. The summed E-state index contributed by atoms with van der Waals surface area (Å²) < 4.78 is 4.53. The standard InChI is InChI=1S/C10H11ClO2S/c1-13-10(12)8(11)9(14)7-5-3-2-4-6-7/h2-6,8-9,14H,1H3. The summed E-state index contributed by atoms with van der Waals surface area (Å²) in [7, 11) is 1.31. The molecule has 0 spiro atoms. The van der Waals surface area contributed by atoms with Gasteiger partial charge in [0.15, 0.2) is 0 Å². The van der Waals surface area contributed by atoms with Gasteiger partial charge in [-0.2, -0.15) is 12.6 Å². The van der Waals surface area contributed by atoms with Gasteiger partial charge in [0.25, 0.3) is 0 Å². The fourth-order valence-corrected chi connectivity index (χ4v) is 1.59. The zero-order valence-electron chi connectivity index (χ0n) is 7.68. The average molecular weight is 231 g/mol. The van der Waals surface area contributed by atoms with Gasteiger partial charge < -0.3 is 4.74 Å². The number of ether oxygens (including phenoxy) is 1. The van der Waals surface area contributed by atoms with Crippen molar-refractivity contribution in [2.45, 2.75) is 10.6 Å². The first kappa shape index (κ1) is 11.4. The summed E-state index contributed by atoms with van der Waals surface area (Å²) in [5.74, 6) is -0.462. The molecule has 1 aromatic carbocycles. The molecule has 0 aliphatic heterocycles. The molecule has 0 aromatic heterocycles. The van der Waals surface area contributed by atoms with E-state index >= 15 is 0 Å². The Bertz CT molecular complexity index is 302. The number of thiol groups is 1. The SMILES string of the molecule is COC(=O)C(Cl)C(S)c1ccccc1. The van der Waals surface area contributed by atoms with Crippen LogP contribution in [0.1, 0.15) is 10.8 Å². The second kappa shape index (κ2) is 5.27. The van der Waals surface area contributed by atoms with Crippen molar-refractivity contribution in [3.8, 4) is 0 Å². The Morgan fingerprint density at radius 3 is 2.50 bits per heavy atom. The number of carbonyl (C=O) groups is 1. The van der Waals surface area contributed by atoms with Gasteiger partial charge in [0.05, 0.1) is 12.4 Å². The molecular formula is C10H11ClO2S. The average Bonchev–Trinajstić information content (AvgIpc) is 2.27. The van der Waals surface area contributed by atoms with Gasteiger partial charge in [0, 0.05) is 0 Å². The first-order valence-electron chi connectivity index (χ1n) is 4.11. The molecule has 0 fully saturated rings. The van der Waals surface area contributed by atoms with Crippen molar-refractivity contribution in [1.82, 2.24) is 0 Å². The van der Waals surface area contributed by atoms with Crippen LogP contribution in [0.25, 0.3) is 0 Å². The predicted octanol–water partition coefficient (Wildman–Crippen LogP) is 2.44. The molecule has 0 aliphatic rings. The summed E-state index contributed by atoms with van der Waals surface area (Å²) in [5.41, 5.74) is 0.904. The zero-order valence-corrected chi connectivity index (χ0v) is 9.33. The van der Waals surface area contributed by atoms with E-state index in [9.17, 15) is 4.79 Å². The van der Waals surface area contributed by atoms with Gasteiger partial charge in [-0.25, -0.2) is 0 Å². The molecule has 2 nitrogen and oxygen atoms in total. The van der Waals surface area contributed by atoms with E-state index in [-0.39, 0.29) is 5.25 Å². The van der Waals surface area contributed by atoms with E-state index in [1.165, 1.54) is 7.11 Å². The van der Waals surface area contributed by atoms with Crippen LogP contribution in [0.3, 0.4) is 0 Å². The molecule has 1 rings (SSSR count). The number of methoxy groups -OCH3 is 1. The third kappa shape index (κ3) is 2.66.